The van der Waals surface area contributed by atoms with Gasteiger partial charge >= 0.3 is 29.8 Å². The van der Waals surface area contributed by atoms with Crippen LogP contribution in [0.2, 0.25) is 0 Å². The topological polar surface area (TPSA) is 284 Å². The zero-order valence-electron chi connectivity index (χ0n) is 51.3. The summed E-state index contributed by atoms with van der Waals surface area (Å²) in [6, 6.07) is 59.0. The number of rotatable bonds is 23. The van der Waals surface area contributed by atoms with Crippen molar-refractivity contribution in [3.63, 3.8) is 0 Å². The van der Waals surface area contributed by atoms with Gasteiger partial charge in [0, 0.05) is 42.0 Å². The van der Waals surface area contributed by atoms with E-state index in [2.05, 4.69) is 30.5 Å². The molecule has 2 aliphatic rings. The van der Waals surface area contributed by atoms with E-state index in [4.69, 9.17) is 34.3 Å². The van der Waals surface area contributed by atoms with E-state index in [1.165, 1.54) is 56.5 Å². The molecule has 10 aromatic rings. The maximum atomic E-state index is 15.3. The Morgan fingerprint density at radius 2 is 1.12 bits per heavy atom. The second-order valence-corrected chi connectivity index (χ2v) is 24.7. The Kier molecular flexibility index (Phi) is 19.8. The maximum absolute atomic E-state index is 15.3. The van der Waals surface area contributed by atoms with Crippen LogP contribution >= 0.6 is 34.9 Å². The molecule has 3 aromatic heterocycles. The second kappa shape index (κ2) is 29.3. The Labute approximate surface area is 561 Å². The number of β-lactam (4-membered cyclic amide) rings is 1. The number of nitrogens with zero attached hydrogens (tertiary/aromatic N) is 7. The molecule has 3 atom stereocenters. The van der Waals surface area contributed by atoms with Crippen molar-refractivity contribution < 1.29 is 62.1 Å². The fourth-order valence-corrected chi connectivity index (χ4v) is 13.7. The Morgan fingerprint density at radius 3 is 1.62 bits per heavy atom. The quantitative estimate of drug-likeness (QED) is 0.00879. The van der Waals surface area contributed by atoms with Crippen LogP contribution in [-0.2, 0) is 47.8 Å². The van der Waals surface area contributed by atoms with E-state index in [-0.39, 0.29) is 56.7 Å². The molecular weight excluding hydrogens is 1280 g/mol. The number of nitrogens with one attached hydrogen (secondary N) is 1. The van der Waals surface area contributed by atoms with Crippen molar-refractivity contribution in [1.82, 2.24) is 34.8 Å². The van der Waals surface area contributed by atoms with E-state index in [0.717, 1.165) is 36.3 Å². The van der Waals surface area contributed by atoms with Gasteiger partial charge in [-0.15, -0.1) is 40.0 Å². The van der Waals surface area contributed by atoms with Gasteiger partial charge in [-0.25, -0.2) is 24.4 Å². The molecule has 0 radical (unpaired) electrons. The smallest absolute Gasteiger partial charge is 0.379 e. The standard InChI is InChI=1S/C71H57N9O13S3/c1-41-36-55(80-71(73-41)76-63(77-80)69(87)92-61(48-30-18-8-19-31-48)49-32-20-9-21-33-49)94-38-51-39-95-66-57(65(84)79(66)58(51)67(85)90-59(44-22-10-4-11-23-44)45-24-12-5-13-25-45)75-64(83)56(52-40-96-70(72)74-52)78-93-62(50-34-35-53(88-42(2)81)54(37-50)89-43(3)82)68(86)91-60(46-26-14-6-15-27-46)47-28-16-7-17-29-47/h4-37,40,57,59-62,66H,38-39H2,1-3H3,(H2,72,74)(H,75,83)/b78-56-/t57-,62?,66-/m1/s1. The molecule has 0 bridgehead atoms. The molecule has 25 heteroatoms. The van der Waals surface area contributed by atoms with Crippen LogP contribution in [-0.4, -0.2) is 99.8 Å². The Bertz CT molecular complexity index is 4490. The van der Waals surface area contributed by atoms with Crippen LogP contribution in [0.25, 0.3) is 5.78 Å². The van der Waals surface area contributed by atoms with Gasteiger partial charge in [-0.3, -0.25) is 24.1 Å². The monoisotopic (exact) mass is 1340 g/mol. The first-order valence-corrected chi connectivity index (χ1v) is 32.8. The number of oxime groups is 1. The van der Waals surface area contributed by atoms with Gasteiger partial charge in [0.25, 0.3) is 23.4 Å². The van der Waals surface area contributed by atoms with Gasteiger partial charge in [-0.05, 0) is 64.1 Å². The van der Waals surface area contributed by atoms with Crippen LogP contribution in [0.1, 0.15) is 99.2 Å². The summed E-state index contributed by atoms with van der Waals surface area (Å²) in [5.74, 6) is -6.14. The molecule has 22 nitrogen and oxygen atoms in total. The zero-order valence-corrected chi connectivity index (χ0v) is 53.8. The number of fused-ring (bicyclic) bond motifs is 2. The van der Waals surface area contributed by atoms with Crippen molar-refractivity contribution in [1.29, 1.82) is 0 Å². The SMILES string of the molecule is CC(=O)Oc1ccc(C(O/N=C(\C(=O)N[C@@H]2C(=O)N3C(C(=O)OC(c4ccccc4)c4ccccc4)=C(CSc4cc(C)nc5nc(C(=O)OC(c6ccccc6)c6ccccc6)nn45)CS[C@H]23)c2csc(N)n2)C(=O)OC(c2ccccc2)c2ccccc2)cc1OC(C)=O. The largest absolute Gasteiger partial charge is 0.449 e. The van der Waals surface area contributed by atoms with E-state index in [1.54, 1.807) is 73.7 Å². The number of aryl methyl sites for hydroxylation is 1. The molecule has 3 N–H and O–H groups in total. The fourth-order valence-electron chi connectivity index (χ4n) is 10.7. The van der Waals surface area contributed by atoms with Crippen LogP contribution < -0.4 is 20.5 Å². The van der Waals surface area contributed by atoms with Crippen molar-refractivity contribution in [2.24, 2.45) is 5.16 Å². The van der Waals surface area contributed by atoms with Gasteiger partial charge < -0.3 is 39.6 Å². The van der Waals surface area contributed by atoms with Crippen LogP contribution in [0.3, 0.4) is 0 Å². The lowest BCUT2D eigenvalue weighted by atomic mass is 10.0. The van der Waals surface area contributed by atoms with E-state index < -0.39 is 83.2 Å². The first-order chi connectivity index (χ1) is 46.6. The summed E-state index contributed by atoms with van der Waals surface area (Å²) in [7, 11) is 0. The number of aromatic nitrogens is 5. The highest BCUT2D eigenvalue weighted by Gasteiger charge is 2.55. The highest BCUT2D eigenvalue weighted by Crippen LogP contribution is 2.44. The van der Waals surface area contributed by atoms with Crippen LogP contribution in [0.4, 0.5) is 5.13 Å². The third-order valence-corrected chi connectivity index (χ3v) is 18.1. The number of esters is 5. The molecule has 1 unspecified atom stereocenters. The van der Waals surface area contributed by atoms with E-state index in [1.807, 2.05) is 121 Å². The predicted molar refractivity (Wildman–Crippen MR) is 356 cm³/mol. The first-order valence-electron chi connectivity index (χ1n) is 29.9. The van der Waals surface area contributed by atoms with Gasteiger partial charge in [-0.2, -0.15) is 9.50 Å². The molecule has 482 valence electrons. The third-order valence-electron chi connectivity index (χ3n) is 15.0. The summed E-state index contributed by atoms with van der Waals surface area (Å²) in [6.07, 6.45) is -4.54. The number of ether oxygens (including phenoxy) is 5. The molecule has 2 aliphatic heterocycles. The summed E-state index contributed by atoms with van der Waals surface area (Å²) in [6.45, 7) is 4.05. The number of carbonyl (C=O) groups excluding carboxylic acids is 7. The molecule has 1 saturated heterocycles. The minimum atomic E-state index is -1.84. The molecule has 0 aliphatic carbocycles. The van der Waals surface area contributed by atoms with Crippen molar-refractivity contribution in [2.75, 3.05) is 17.2 Å². The summed E-state index contributed by atoms with van der Waals surface area (Å²) in [4.78, 5) is 120. The number of thiazole rings is 1. The number of hydrogen-bond donors (Lipinski definition) is 2. The predicted octanol–water partition coefficient (Wildman–Crippen LogP) is 10.8. The van der Waals surface area contributed by atoms with Gasteiger partial charge in [0.15, 0.2) is 40.7 Å². The summed E-state index contributed by atoms with van der Waals surface area (Å²) < 4.78 is 31.0. The molecule has 12 rings (SSSR count). The highest BCUT2D eigenvalue weighted by molar-refractivity contribution is 8.01. The number of thioether (sulfide) groups is 2. The Morgan fingerprint density at radius 1 is 0.625 bits per heavy atom. The number of hydrogen-bond acceptors (Lipinski definition) is 22. The molecule has 0 saturated carbocycles. The molecule has 0 spiro atoms. The number of anilines is 1. The van der Waals surface area contributed by atoms with Crippen LogP contribution in [0.5, 0.6) is 11.5 Å². The summed E-state index contributed by atoms with van der Waals surface area (Å²) >= 11 is 3.50. The van der Waals surface area contributed by atoms with Crippen molar-refractivity contribution in [2.45, 2.75) is 61.6 Å². The maximum Gasteiger partial charge on any atom is 0.379 e. The molecule has 7 aromatic carbocycles. The van der Waals surface area contributed by atoms with Gasteiger partial charge in [-0.1, -0.05) is 193 Å². The normalized spacial score (nSPS) is 14.8. The zero-order chi connectivity index (χ0) is 66.8. The van der Waals surface area contributed by atoms with Crippen molar-refractivity contribution in [3.8, 4) is 11.5 Å². The van der Waals surface area contributed by atoms with E-state index in [0.29, 0.717) is 38.5 Å². The van der Waals surface area contributed by atoms with Gasteiger partial charge in [0.05, 0.1) is 0 Å². The van der Waals surface area contributed by atoms with E-state index >= 15 is 9.59 Å². The number of benzene rings is 7. The summed E-state index contributed by atoms with van der Waals surface area (Å²) in [5, 5.41) is 12.7. The fraction of sp³-hybridized carbons (Fsp3) is 0.155. The number of carbonyl (C=O) groups is 7. The Hall–Kier alpha value is -11.3. The molecule has 5 heterocycles. The molecule has 96 heavy (non-hydrogen) atoms. The van der Waals surface area contributed by atoms with Gasteiger partial charge in [0.2, 0.25) is 6.10 Å². The Balaban J connectivity index is 0.858. The molecule has 2 amide bonds. The summed E-state index contributed by atoms with van der Waals surface area (Å²) in [5.41, 5.74) is 10.5. The highest BCUT2D eigenvalue weighted by atomic mass is 32.2. The number of nitrogens with two attached hydrogens (primary N) is 1. The van der Waals surface area contributed by atoms with Crippen LogP contribution in [0.15, 0.2) is 233 Å². The third kappa shape index (κ3) is 14.7. The van der Waals surface area contributed by atoms with Gasteiger partial charge in [0.1, 0.15) is 27.8 Å². The van der Waals surface area contributed by atoms with Crippen molar-refractivity contribution >= 4 is 93.1 Å². The number of nitrogen functional groups attached to an aromatic ring is 1. The molecule has 1 fully saturated rings. The minimum absolute atomic E-state index is 0.0235. The average molecular weight is 1340 g/mol. The van der Waals surface area contributed by atoms with Crippen LogP contribution in [0, 0.1) is 6.92 Å². The molecular formula is C71H57N9O13S3. The lowest BCUT2D eigenvalue weighted by Gasteiger charge is -2.49. The minimum Gasteiger partial charge on any atom is -0.449 e. The van der Waals surface area contributed by atoms with E-state index in [9.17, 15) is 24.0 Å². The first kappa shape index (κ1) is 64.8. The number of amides is 2. The second-order valence-electron chi connectivity index (χ2n) is 21.7. The lowest BCUT2D eigenvalue weighted by Crippen LogP contribution is -2.71. The average Bonchev–Trinajstić information content (AvgIpc) is 0.876. The van der Waals surface area contributed by atoms with Crippen molar-refractivity contribution in [3.05, 3.63) is 279 Å². The lowest BCUT2D eigenvalue weighted by molar-refractivity contribution is -0.162.